The molecule has 1 amide bonds. The number of amides is 1. The van der Waals surface area contributed by atoms with Crippen LogP contribution in [0, 0.1) is 0 Å². The van der Waals surface area contributed by atoms with Crippen LogP contribution >= 0.6 is 0 Å². The second-order valence-electron chi connectivity index (χ2n) is 4.03. The molecule has 0 aliphatic carbocycles. The number of nitrogens with zero attached hydrogens (tertiary/aromatic N) is 2. The number of hydrogen-bond acceptors (Lipinski definition) is 3. The zero-order valence-corrected chi connectivity index (χ0v) is 8.66. The molecule has 1 rings (SSSR count). The van der Waals surface area contributed by atoms with E-state index in [1.54, 1.807) is 4.90 Å². The van der Waals surface area contributed by atoms with Gasteiger partial charge in [0.1, 0.15) is 0 Å². The quantitative estimate of drug-likeness (QED) is 0.631. The van der Waals surface area contributed by atoms with Gasteiger partial charge >= 0.3 is 0 Å². The van der Waals surface area contributed by atoms with Crippen molar-refractivity contribution in [3.05, 3.63) is 0 Å². The van der Waals surface area contributed by atoms with Crippen LogP contribution in [0.2, 0.25) is 0 Å². The Bertz CT molecular complexity index is 193. The number of nitrogens with two attached hydrogens (primary N) is 1. The van der Waals surface area contributed by atoms with E-state index in [0.29, 0.717) is 12.6 Å². The summed E-state index contributed by atoms with van der Waals surface area (Å²) in [7, 11) is 1.86. The Morgan fingerprint density at radius 3 is 2.77 bits per heavy atom. The fraction of sp³-hybridized carbons (Fsp3) is 0.889. The molecule has 0 bridgehead atoms. The Labute approximate surface area is 79.7 Å². The average Bonchev–Trinajstić information content (AvgIpc) is 1.98. The molecule has 4 nitrogen and oxygen atoms in total. The molecule has 0 aromatic heterocycles. The van der Waals surface area contributed by atoms with Crippen molar-refractivity contribution in [3.63, 3.8) is 0 Å². The summed E-state index contributed by atoms with van der Waals surface area (Å²) in [5, 5.41) is 0. The van der Waals surface area contributed by atoms with E-state index in [4.69, 9.17) is 5.73 Å². The minimum Gasteiger partial charge on any atom is -0.341 e. The van der Waals surface area contributed by atoms with E-state index in [2.05, 4.69) is 11.8 Å². The van der Waals surface area contributed by atoms with Crippen molar-refractivity contribution >= 4 is 5.91 Å². The van der Waals surface area contributed by atoms with Crippen LogP contribution in [0.25, 0.3) is 0 Å². The molecule has 1 heterocycles. The van der Waals surface area contributed by atoms with Crippen molar-refractivity contribution in [2.24, 2.45) is 5.73 Å². The monoisotopic (exact) mass is 185 g/mol. The summed E-state index contributed by atoms with van der Waals surface area (Å²) in [5.74, 6) is 0.194. The number of hydrogen-bond donors (Lipinski definition) is 1. The summed E-state index contributed by atoms with van der Waals surface area (Å²) in [4.78, 5) is 15.4. The third-order valence-corrected chi connectivity index (χ3v) is 2.48. The first-order valence-electron chi connectivity index (χ1n) is 4.74. The third kappa shape index (κ3) is 2.67. The summed E-state index contributed by atoms with van der Waals surface area (Å²) in [6, 6.07) is 0.448. The highest BCUT2D eigenvalue weighted by atomic mass is 16.2. The molecule has 0 aromatic rings. The minimum atomic E-state index is 0.142. The Kier molecular flexibility index (Phi) is 3.27. The van der Waals surface area contributed by atoms with Crippen molar-refractivity contribution in [3.8, 4) is 0 Å². The minimum absolute atomic E-state index is 0.142. The van der Waals surface area contributed by atoms with E-state index in [0.717, 1.165) is 13.1 Å². The van der Waals surface area contributed by atoms with E-state index in [1.165, 1.54) is 0 Å². The van der Waals surface area contributed by atoms with Crippen LogP contribution in [0.1, 0.15) is 13.8 Å². The smallest absolute Gasteiger partial charge is 0.236 e. The molecule has 1 fully saturated rings. The van der Waals surface area contributed by atoms with Gasteiger partial charge in [-0.15, -0.1) is 0 Å². The maximum absolute atomic E-state index is 11.4. The normalized spacial score (nSPS) is 27.8. The second kappa shape index (κ2) is 4.07. The van der Waals surface area contributed by atoms with Crippen molar-refractivity contribution in [2.45, 2.75) is 25.9 Å². The largest absolute Gasteiger partial charge is 0.341 e. The molecule has 4 heteroatoms. The van der Waals surface area contributed by atoms with E-state index < -0.39 is 0 Å². The lowest BCUT2D eigenvalue weighted by molar-refractivity contribution is -0.137. The summed E-state index contributed by atoms with van der Waals surface area (Å²) in [5.41, 5.74) is 5.68. The van der Waals surface area contributed by atoms with Gasteiger partial charge in [0.05, 0.1) is 6.54 Å². The summed E-state index contributed by atoms with van der Waals surface area (Å²) < 4.78 is 0. The molecule has 1 aliphatic rings. The zero-order chi connectivity index (χ0) is 10.0. The van der Waals surface area contributed by atoms with Gasteiger partial charge in [0.2, 0.25) is 5.91 Å². The highest BCUT2D eigenvalue weighted by molar-refractivity contribution is 5.79. The highest BCUT2D eigenvalue weighted by Crippen LogP contribution is 2.07. The maximum atomic E-state index is 11.4. The van der Waals surface area contributed by atoms with Crippen molar-refractivity contribution in [1.29, 1.82) is 0 Å². The Morgan fingerprint density at radius 1 is 1.69 bits per heavy atom. The molecule has 2 atom stereocenters. The number of piperazine rings is 1. The zero-order valence-electron chi connectivity index (χ0n) is 8.66. The molecule has 2 N–H and O–H groups in total. The molecular weight excluding hydrogens is 166 g/mol. The molecule has 1 aliphatic heterocycles. The maximum Gasteiger partial charge on any atom is 0.236 e. The van der Waals surface area contributed by atoms with Crippen LogP contribution < -0.4 is 5.73 Å². The molecule has 0 saturated carbocycles. The summed E-state index contributed by atoms with van der Waals surface area (Å²) in [6.07, 6.45) is 0. The average molecular weight is 185 g/mol. The standard InChI is InChI=1S/C9H19N3O/c1-7(10)4-12-5-8(2)11(3)9(13)6-12/h7-8H,4-6,10H2,1-3H3. The molecule has 13 heavy (non-hydrogen) atoms. The first-order chi connectivity index (χ1) is 6.00. The topological polar surface area (TPSA) is 49.6 Å². The van der Waals surface area contributed by atoms with E-state index in [-0.39, 0.29) is 11.9 Å². The summed E-state index contributed by atoms with van der Waals surface area (Å²) >= 11 is 0. The SMILES string of the molecule is CC(N)CN1CC(=O)N(C)C(C)C1. The van der Waals surface area contributed by atoms with E-state index >= 15 is 0 Å². The van der Waals surface area contributed by atoms with Crippen molar-refractivity contribution in [2.75, 3.05) is 26.7 Å². The first kappa shape index (κ1) is 10.5. The van der Waals surface area contributed by atoms with Crippen LogP contribution in [-0.4, -0.2) is 54.5 Å². The molecule has 2 unspecified atom stereocenters. The lowest BCUT2D eigenvalue weighted by atomic mass is 10.2. The Hall–Kier alpha value is -0.610. The van der Waals surface area contributed by atoms with Crippen LogP contribution in [-0.2, 0) is 4.79 Å². The van der Waals surface area contributed by atoms with E-state index in [1.807, 2.05) is 14.0 Å². The molecule has 76 valence electrons. The number of rotatable bonds is 2. The van der Waals surface area contributed by atoms with Gasteiger partial charge in [0, 0.05) is 32.2 Å². The Morgan fingerprint density at radius 2 is 2.31 bits per heavy atom. The fourth-order valence-corrected chi connectivity index (χ4v) is 1.66. The number of likely N-dealkylation sites (N-methyl/N-ethyl adjacent to an activating group) is 1. The van der Waals surface area contributed by atoms with Gasteiger partial charge in [-0.3, -0.25) is 9.69 Å². The second-order valence-corrected chi connectivity index (χ2v) is 4.03. The van der Waals surface area contributed by atoms with Gasteiger partial charge in [-0.2, -0.15) is 0 Å². The first-order valence-corrected chi connectivity index (χ1v) is 4.74. The molecule has 0 aromatic carbocycles. The van der Waals surface area contributed by atoms with Gasteiger partial charge in [-0.25, -0.2) is 0 Å². The molecule has 1 saturated heterocycles. The fourth-order valence-electron chi connectivity index (χ4n) is 1.66. The lowest BCUT2D eigenvalue weighted by Gasteiger charge is -2.37. The van der Waals surface area contributed by atoms with Gasteiger partial charge in [-0.05, 0) is 13.8 Å². The number of carbonyl (C=O) groups is 1. The predicted molar refractivity (Wildman–Crippen MR) is 52.3 cm³/mol. The Balaban J connectivity index is 2.48. The van der Waals surface area contributed by atoms with E-state index in [9.17, 15) is 4.79 Å². The lowest BCUT2D eigenvalue weighted by Crippen LogP contribution is -2.55. The van der Waals surface area contributed by atoms with Crippen molar-refractivity contribution < 1.29 is 4.79 Å². The van der Waals surface area contributed by atoms with Crippen molar-refractivity contribution in [1.82, 2.24) is 9.80 Å². The van der Waals surface area contributed by atoms with Crippen LogP contribution in [0.4, 0.5) is 0 Å². The molecule has 0 radical (unpaired) electrons. The van der Waals surface area contributed by atoms with Gasteiger partial charge in [-0.1, -0.05) is 0 Å². The third-order valence-electron chi connectivity index (χ3n) is 2.48. The number of carbonyl (C=O) groups excluding carboxylic acids is 1. The molecular formula is C9H19N3O. The van der Waals surface area contributed by atoms with Gasteiger partial charge < -0.3 is 10.6 Å². The van der Waals surface area contributed by atoms with Crippen LogP contribution in [0.5, 0.6) is 0 Å². The van der Waals surface area contributed by atoms with Gasteiger partial charge in [0.15, 0.2) is 0 Å². The van der Waals surface area contributed by atoms with Crippen LogP contribution in [0.15, 0.2) is 0 Å². The highest BCUT2D eigenvalue weighted by Gasteiger charge is 2.26. The summed E-state index contributed by atoms with van der Waals surface area (Å²) in [6.45, 7) is 6.29. The van der Waals surface area contributed by atoms with Gasteiger partial charge in [0.25, 0.3) is 0 Å². The molecule has 0 spiro atoms. The van der Waals surface area contributed by atoms with Crippen LogP contribution in [0.3, 0.4) is 0 Å². The predicted octanol–water partition coefficient (Wildman–Crippen LogP) is -0.504.